The second kappa shape index (κ2) is 6.54. The highest BCUT2D eigenvalue weighted by atomic mass is 16.2. The molecule has 6 nitrogen and oxygen atoms in total. The summed E-state index contributed by atoms with van der Waals surface area (Å²) in [6.45, 7) is 3.60. The lowest BCUT2D eigenvalue weighted by atomic mass is 10.1. The molecule has 1 unspecified atom stereocenters. The van der Waals surface area contributed by atoms with E-state index in [1.807, 2.05) is 43.3 Å². The number of carbonyl (C=O) groups excluding carboxylic acids is 2. The Balaban J connectivity index is 1.69. The minimum Gasteiger partial charge on any atom is -0.318 e. The van der Waals surface area contributed by atoms with Gasteiger partial charge in [-0.3, -0.25) is 20.4 Å². The van der Waals surface area contributed by atoms with Crippen LogP contribution in [0.1, 0.15) is 28.9 Å². The van der Waals surface area contributed by atoms with Crippen LogP contribution in [0.3, 0.4) is 0 Å². The van der Waals surface area contributed by atoms with Crippen LogP contribution in [-0.4, -0.2) is 21.4 Å². The third-order valence-electron chi connectivity index (χ3n) is 3.97. The molecular formula is C18H18N4O2. The zero-order valence-corrected chi connectivity index (χ0v) is 13.5. The van der Waals surface area contributed by atoms with Crippen molar-refractivity contribution in [3.05, 3.63) is 66.0 Å². The molecule has 0 saturated heterocycles. The van der Waals surface area contributed by atoms with Crippen molar-refractivity contribution < 1.29 is 9.59 Å². The smallest absolute Gasteiger partial charge is 0.269 e. The Kier molecular flexibility index (Phi) is 4.29. The van der Waals surface area contributed by atoms with Crippen molar-refractivity contribution in [2.24, 2.45) is 0 Å². The Bertz CT molecular complexity index is 901. The Hall–Kier alpha value is -3.15. The minimum atomic E-state index is -0.505. The number of carbonyl (C=O) groups is 2. The van der Waals surface area contributed by atoms with E-state index in [1.54, 1.807) is 30.0 Å². The number of aryl methyl sites for hydroxylation is 1. The molecule has 3 aromatic rings. The number of rotatable bonds is 3. The predicted octanol–water partition coefficient (Wildman–Crippen LogP) is 2.37. The molecule has 0 aliphatic carbocycles. The zero-order chi connectivity index (χ0) is 17.1. The molecule has 1 heterocycles. The first-order valence-electron chi connectivity index (χ1n) is 7.65. The van der Waals surface area contributed by atoms with Crippen molar-refractivity contribution in [2.45, 2.75) is 19.9 Å². The van der Waals surface area contributed by atoms with E-state index in [-0.39, 0.29) is 11.8 Å². The normalized spacial score (nSPS) is 11.9. The monoisotopic (exact) mass is 322 g/mol. The molecule has 122 valence electrons. The summed E-state index contributed by atoms with van der Waals surface area (Å²) in [6, 6.07) is 14.3. The van der Waals surface area contributed by atoms with Gasteiger partial charge in [-0.25, -0.2) is 4.98 Å². The zero-order valence-electron chi connectivity index (χ0n) is 13.5. The molecule has 0 radical (unpaired) electrons. The van der Waals surface area contributed by atoms with Gasteiger partial charge in [0.25, 0.3) is 11.8 Å². The third kappa shape index (κ3) is 2.99. The van der Waals surface area contributed by atoms with Crippen LogP contribution in [0.25, 0.3) is 11.0 Å². The molecule has 0 saturated carbocycles. The van der Waals surface area contributed by atoms with E-state index in [9.17, 15) is 9.59 Å². The van der Waals surface area contributed by atoms with Crippen LogP contribution in [0.5, 0.6) is 0 Å². The van der Waals surface area contributed by atoms with Crippen LogP contribution in [-0.2, 0) is 4.79 Å². The average Bonchev–Trinajstić information content (AvgIpc) is 3.03. The number of hydrogen-bond acceptors (Lipinski definition) is 3. The van der Waals surface area contributed by atoms with Crippen molar-refractivity contribution in [3.63, 3.8) is 0 Å². The van der Waals surface area contributed by atoms with Gasteiger partial charge in [0.2, 0.25) is 0 Å². The lowest BCUT2D eigenvalue weighted by Crippen LogP contribution is -2.44. The maximum atomic E-state index is 12.3. The van der Waals surface area contributed by atoms with Crippen molar-refractivity contribution in [1.82, 2.24) is 20.4 Å². The van der Waals surface area contributed by atoms with Gasteiger partial charge in [0.05, 0.1) is 17.4 Å². The molecule has 0 fully saturated rings. The van der Waals surface area contributed by atoms with Crippen LogP contribution in [0.4, 0.5) is 0 Å². The molecule has 0 aliphatic rings. The van der Waals surface area contributed by atoms with Gasteiger partial charge < -0.3 is 4.57 Å². The van der Waals surface area contributed by atoms with Crippen molar-refractivity contribution >= 4 is 22.8 Å². The molecule has 1 aromatic heterocycles. The lowest BCUT2D eigenvalue weighted by molar-refractivity contribution is -0.124. The molecule has 24 heavy (non-hydrogen) atoms. The van der Waals surface area contributed by atoms with E-state index in [2.05, 4.69) is 15.8 Å². The SMILES string of the molecule is Cc1ccccc1C(=O)NNC(=O)C(C)n1cnc2ccccc21. The van der Waals surface area contributed by atoms with Gasteiger partial charge in [-0.05, 0) is 37.6 Å². The molecular weight excluding hydrogens is 304 g/mol. The number of amides is 2. The highest BCUT2D eigenvalue weighted by molar-refractivity contribution is 5.97. The first kappa shape index (κ1) is 15.7. The molecule has 2 amide bonds. The third-order valence-corrected chi connectivity index (χ3v) is 3.97. The summed E-state index contributed by atoms with van der Waals surface area (Å²) in [5.74, 6) is -0.663. The Morgan fingerprint density at radius 1 is 1.04 bits per heavy atom. The number of benzene rings is 2. The fourth-order valence-electron chi connectivity index (χ4n) is 2.53. The molecule has 0 bridgehead atoms. The Morgan fingerprint density at radius 3 is 2.54 bits per heavy atom. The number of nitrogens with one attached hydrogen (secondary N) is 2. The largest absolute Gasteiger partial charge is 0.318 e. The molecule has 2 aromatic carbocycles. The number of imidazole rings is 1. The fraction of sp³-hybridized carbons (Fsp3) is 0.167. The lowest BCUT2D eigenvalue weighted by Gasteiger charge is -2.15. The van der Waals surface area contributed by atoms with Gasteiger partial charge in [-0.1, -0.05) is 30.3 Å². The van der Waals surface area contributed by atoms with Crippen molar-refractivity contribution in [3.8, 4) is 0 Å². The second-order valence-corrected chi connectivity index (χ2v) is 5.57. The van der Waals surface area contributed by atoms with Gasteiger partial charge in [0.15, 0.2) is 0 Å². The highest BCUT2D eigenvalue weighted by Gasteiger charge is 2.18. The van der Waals surface area contributed by atoms with Crippen LogP contribution in [0.2, 0.25) is 0 Å². The summed E-state index contributed by atoms with van der Waals surface area (Å²) >= 11 is 0. The van der Waals surface area contributed by atoms with Gasteiger partial charge in [-0.2, -0.15) is 0 Å². The van der Waals surface area contributed by atoms with E-state index in [1.165, 1.54) is 0 Å². The first-order valence-corrected chi connectivity index (χ1v) is 7.65. The standard InChI is InChI=1S/C18H18N4O2/c1-12-7-3-4-8-14(12)18(24)21-20-17(23)13(2)22-11-19-15-9-5-6-10-16(15)22/h3-11,13H,1-2H3,(H,20,23)(H,21,24). The van der Waals surface area contributed by atoms with Crippen molar-refractivity contribution in [2.75, 3.05) is 0 Å². The Labute approximate surface area is 139 Å². The summed E-state index contributed by atoms with van der Waals surface area (Å²) in [5, 5.41) is 0. The molecule has 0 aliphatic heterocycles. The van der Waals surface area contributed by atoms with E-state index in [4.69, 9.17) is 0 Å². The van der Waals surface area contributed by atoms with Crippen LogP contribution >= 0.6 is 0 Å². The molecule has 0 spiro atoms. The summed E-state index contributed by atoms with van der Waals surface area (Å²) in [5.41, 5.74) is 7.99. The van der Waals surface area contributed by atoms with E-state index >= 15 is 0 Å². The number of nitrogens with zero attached hydrogens (tertiary/aromatic N) is 2. The average molecular weight is 322 g/mol. The predicted molar refractivity (Wildman–Crippen MR) is 91.2 cm³/mol. The summed E-state index contributed by atoms with van der Waals surface area (Å²) in [7, 11) is 0. The van der Waals surface area contributed by atoms with E-state index < -0.39 is 6.04 Å². The maximum Gasteiger partial charge on any atom is 0.269 e. The maximum absolute atomic E-state index is 12.3. The van der Waals surface area contributed by atoms with Crippen molar-refractivity contribution in [1.29, 1.82) is 0 Å². The quantitative estimate of drug-likeness (QED) is 0.727. The van der Waals surface area contributed by atoms with Crippen LogP contribution < -0.4 is 10.9 Å². The number of para-hydroxylation sites is 2. The number of aromatic nitrogens is 2. The van der Waals surface area contributed by atoms with Gasteiger partial charge in [0, 0.05) is 5.56 Å². The van der Waals surface area contributed by atoms with Crippen LogP contribution in [0.15, 0.2) is 54.9 Å². The number of hydrazine groups is 1. The van der Waals surface area contributed by atoms with Crippen LogP contribution in [0, 0.1) is 6.92 Å². The minimum absolute atomic E-state index is 0.319. The Morgan fingerprint density at radius 2 is 1.75 bits per heavy atom. The fourth-order valence-corrected chi connectivity index (χ4v) is 2.53. The molecule has 6 heteroatoms. The summed E-state index contributed by atoms with van der Waals surface area (Å²) in [6.07, 6.45) is 1.62. The highest BCUT2D eigenvalue weighted by Crippen LogP contribution is 2.17. The van der Waals surface area contributed by atoms with Gasteiger partial charge in [0.1, 0.15) is 6.04 Å². The topological polar surface area (TPSA) is 76.0 Å². The second-order valence-electron chi connectivity index (χ2n) is 5.57. The molecule has 3 rings (SSSR count). The first-order chi connectivity index (χ1) is 11.6. The van der Waals surface area contributed by atoms with E-state index in [0.717, 1.165) is 16.6 Å². The van der Waals surface area contributed by atoms with Gasteiger partial charge >= 0.3 is 0 Å². The molecule has 1 atom stereocenters. The van der Waals surface area contributed by atoms with Gasteiger partial charge in [-0.15, -0.1) is 0 Å². The number of fused-ring (bicyclic) bond motifs is 1. The summed E-state index contributed by atoms with van der Waals surface area (Å²) < 4.78 is 1.77. The molecule has 2 N–H and O–H groups in total. The van der Waals surface area contributed by atoms with E-state index in [0.29, 0.717) is 5.56 Å². The summed E-state index contributed by atoms with van der Waals surface area (Å²) in [4.78, 5) is 28.7. The number of hydrogen-bond donors (Lipinski definition) is 2.